The molecule has 2 unspecified atom stereocenters. The lowest BCUT2D eigenvalue weighted by molar-refractivity contribution is -0.141. The van der Waals surface area contributed by atoms with Gasteiger partial charge in [0.25, 0.3) is 0 Å². The van der Waals surface area contributed by atoms with Crippen molar-refractivity contribution in [3.05, 3.63) is 21.7 Å². The van der Waals surface area contributed by atoms with Crippen LogP contribution in [0.2, 0.25) is 0 Å². The Labute approximate surface area is 214 Å². The van der Waals surface area contributed by atoms with Gasteiger partial charge in [0, 0.05) is 17.7 Å². The second-order valence-corrected chi connectivity index (χ2v) is 12.8. The number of ketones is 1. The highest BCUT2D eigenvalue weighted by Crippen LogP contribution is 2.45. The number of ether oxygens (including phenoxy) is 1. The summed E-state index contributed by atoms with van der Waals surface area (Å²) in [7, 11) is 0. The van der Waals surface area contributed by atoms with Gasteiger partial charge in [0.05, 0.1) is 46.4 Å². The molecule has 7 atom stereocenters. The van der Waals surface area contributed by atoms with Crippen LogP contribution in [0, 0.1) is 30.1 Å². The summed E-state index contributed by atoms with van der Waals surface area (Å²) in [5.74, 6) is 0.164. The van der Waals surface area contributed by atoms with Gasteiger partial charge in [-0.1, -0.05) is 47.5 Å². The standard InChI is InChI=1S/C28H44N2O4S/c1-16-10-9-11-28(8)24(34-28)13-22(17(2)12-21-15-35-20(5)29-21)30-25(32)14-23(31)27(6,7)26(33)19(4)18(16)3/h12,15-16,18-19,22-24,31H,9-11,13-14H2,1-8H3,(H,30,32)/t16-,18-,19+,22?,23-,24?,28+/m0/s1. The van der Waals surface area contributed by atoms with E-state index in [-0.39, 0.29) is 47.7 Å². The highest BCUT2D eigenvalue weighted by atomic mass is 32.1. The molecule has 0 spiro atoms. The van der Waals surface area contributed by atoms with Gasteiger partial charge < -0.3 is 15.2 Å². The number of aliphatic hydroxyl groups is 1. The van der Waals surface area contributed by atoms with E-state index in [0.717, 1.165) is 35.5 Å². The number of aromatic nitrogens is 1. The van der Waals surface area contributed by atoms with Crippen LogP contribution in [0.15, 0.2) is 11.0 Å². The molecule has 0 radical (unpaired) electrons. The van der Waals surface area contributed by atoms with Crippen molar-refractivity contribution in [2.45, 2.75) is 111 Å². The van der Waals surface area contributed by atoms with Gasteiger partial charge in [0.15, 0.2) is 0 Å². The van der Waals surface area contributed by atoms with Gasteiger partial charge in [-0.2, -0.15) is 0 Å². The van der Waals surface area contributed by atoms with Crippen LogP contribution in [-0.2, 0) is 14.3 Å². The van der Waals surface area contributed by atoms with Crippen molar-refractivity contribution >= 4 is 29.1 Å². The molecule has 2 aliphatic heterocycles. The first-order valence-corrected chi connectivity index (χ1v) is 13.9. The molecule has 7 heteroatoms. The first kappa shape index (κ1) is 28.0. The monoisotopic (exact) mass is 504 g/mol. The molecule has 2 saturated heterocycles. The first-order valence-electron chi connectivity index (χ1n) is 13.0. The molecule has 3 heterocycles. The smallest absolute Gasteiger partial charge is 0.223 e. The van der Waals surface area contributed by atoms with Crippen LogP contribution in [0.4, 0.5) is 0 Å². The Morgan fingerprint density at radius 1 is 1.26 bits per heavy atom. The fourth-order valence-electron chi connectivity index (χ4n) is 5.37. The quantitative estimate of drug-likeness (QED) is 0.532. The van der Waals surface area contributed by atoms with E-state index in [2.05, 4.69) is 31.1 Å². The van der Waals surface area contributed by atoms with Crippen molar-refractivity contribution in [2.75, 3.05) is 0 Å². The molecule has 1 aromatic rings. The minimum Gasteiger partial charge on any atom is -0.392 e. The van der Waals surface area contributed by atoms with Crippen molar-refractivity contribution in [3.63, 3.8) is 0 Å². The summed E-state index contributed by atoms with van der Waals surface area (Å²) >= 11 is 1.60. The van der Waals surface area contributed by atoms with Gasteiger partial charge >= 0.3 is 0 Å². The van der Waals surface area contributed by atoms with Crippen LogP contribution >= 0.6 is 11.3 Å². The number of hydrogen-bond acceptors (Lipinski definition) is 6. The maximum atomic E-state index is 13.4. The zero-order valence-electron chi connectivity index (χ0n) is 22.7. The maximum absolute atomic E-state index is 13.4. The lowest BCUT2D eigenvalue weighted by Crippen LogP contribution is -2.46. The number of hydrogen-bond donors (Lipinski definition) is 2. The molecular formula is C28H44N2O4S. The Morgan fingerprint density at radius 2 is 1.94 bits per heavy atom. The minimum atomic E-state index is -1.05. The third-order valence-electron chi connectivity index (χ3n) is 8.66. The van der Waals surface area contributed by atoms with E-state index in [1.807, 2.05) is 32.2 Å². The number of amides is 1. The summed E-state index contributed by atoms with van der Waals surface area (Å²) in [6.45, 7) is 16.0. The number of rotatable bonds is 2. The molecule has 2 N–H and O–H groups in total. The number of carbonyl (C=O) groups excluding carboxylic acids is 2. The van der Waals surface area contributed by atoms with Crippen molar-refractivity contribution in [2.24, 2.45) is 23.2 Å². The number of nitrogens with zero attached hydrogens (tertiary/aromatic N) is 1. The molecule has 0 bridgehead atoms. The topological polar surface area (TPSA) is 91.8 Å². The van der Waals surface area contributed by atoms with Crippen molar-refractivity contribution in [3.8, 4) is 0 Å². The Balaban J connectivity index is 1.85. The normalized spacial score (nSPS) is 37.5. The summed E-state index contributed by atoms with van der Waals surface area (Å²) in [6.07, 6.45) is 4.65. The zero-order chi connectivity index (χ0) is 26.1. The van der Waals surface area contributed by atoms with Gasteiger partial charge in [-0.15, -0.1) is 11.3 Å². The molecule has 0 aromatic carbocycles. The van der Waals surface area contributed by atoms with E-state index in [9.17, 15) is 14.7 Å². The van der Waals surface area contributed by atoms with Crippen LogP contribution in [0.1, 0.15) is 91.3 Å². The number of carbonyl (C=O) groups is 2. The first-order chi connectivity index (χ1) is 16.2. The Kier molecular flexibility index (Phi) is 8.65. The van der Waals surface area contributed by atoms with Crippen LogP contribution in [0.25, 0.3) is 6.08 Å². The van der Waals surface area contributed by atoms with E-state index < -0.39 is 11.5 Å². The summed E-state index contributed by atoms with van der Waals surface area (Å²) in [4.78, 5) is 31.0. The number of aliphatic hydroxyl groups excluding tert-OH is 1. The minimum absolute atomic E-state index is 0.0216. The molecule has 3 rings (SSSR count). The average Bonchev–Trinajstić information content (AvgIpc) is 3.22. The lowest BCUT2D eigenvalue weighted by Gasteiger charge is -2.35. The van der Waals surface area contributed by atoms with Gasteiger partial charge in [0.1, 0.15) is 5.78 Å². The Hall–Kier alpha value is -1.57. The summed E-state index contributed by atoms with van der Waals surface area (Å²) < 4.78 is 6.16. The molecule has 35 heavy (non-hydrogen) atoms. The molecule has 2 fully saturated rings. The average molecular weight is 505 g/mol. The summed E-state index contributed by atoms with van der Waals surface area (Å²) in [5.41, 5.74) is 0.709. The van der Waals surface area contributed by atoms with Gasteiger partial charge in [-0.25, -0.2) is 4.98 Å². The molecule has 196 valence electrons. The number of thiazole rings is 1. The van der Waals surface area contributed by atoms with Crippen LogP contribution in [0.3, 0.4) is 0 Å². The predicted molar refractivity (Wildman–Crippen MR) is 141 cm³/mol. The predicted octanol–water partition coefficient (Wildman–Crippen LogP) is 5.33. The second kappa shape index (κ2) is 10.8. The van der Waals surface area contributed by atoms with Crippen LogP contribution in [0.5, 0.6) is 0 Å². The van der Waals surface area contributed by atoms with E-state index in [0.29, 0.717) is 12.3 Å². The van der Waals surface area contributed by atoms with Crippen molar-refractivity contribution < 1.29 is 19.4 Å². The summed E-state index contributed by atoms with van der Waals surface area (Å²) in [6, 6.07) is -0.229. The third kappa shape index (κ3) is 6.60. The number of nitrogens with one attached hydrogen (secondary N) is 1. The lowest BCUT2D eigenvalue weighted by atomic mass is 9.70. The molecular weight excluding hydrogens is 460 g/mol. The molecule has 6 nitrogen and oxygen atoms in total. The van der Waals surface area contributed by atoms with E-state index >= 15 is 0 Å². The SMILES string of the molecule is CC(=Cc1csc(C)n1)C1CC2O[C@]2(C)CCC[C@H](C)[C@H](C)[C@@H](C)C(=O)C(C)(C)[C@@H](O)CC(=O)N1. The van der Waals surface area contributed by atoms with E-state index in [1.165, 1.54) is 0 Å². The fourth-order valence-corrected chi connectivity index (χ4v) is 5.94. The van der Waals surface area contributed by atoms with Gasteiger partial charge in [0.2, 0.25) is 5.91 Å². The molecule has 0 aliphatic carbocycles. The molecule has 0 saturated carbocycles. The van der Waals surface area contributed by atoms with Crippen LogP contribution < -0.4 is 5.32 Å². The maximum Gasteiger partial charge on any atom is 0.223 e. The largest absolute Gasteiger partial charge is 0.392 e. The molecule has 1 amide bonds. The second-order valence-electron chi connectivity index (χ2n) is 11.8. The van der Waals surface area contributed by atoms with Crippen molar-refractivity contribution in [1.29, 1.82) is 0 Å². The fraction of sp³-hybridized carbons (Fsp3) is 0.750. The number of Topliss-reactive ketones (excluding diaryl/α,β-unsaturated/α-hetero) is 1. The number of aryl methyl sites for hydroxylation is 1. The highest BCUT2D eigenvalue weighted by Gasteiger charge is 2.52. The Bertz CT molecular complexity index is 955. The zero-order valence-corrected chi connectivity index (χ0v) is 23.5. The molecule has 2 aliphatic rings. The molecule has 1 aromatic heterocycles. The van der Waals surface area contributed by atoms with Crippen molar-refractivity contribution in [1.82, 2.24) is 10.3 Å². The van der Waals surface area contributed by atoms with Crippen LogP contribution in [-0.4, -0.2) is 45.6 Å². The van der Waals surface area contributed by atoms with Gasteiger partial charge in [-0.3, -0.25) is 9.59 Å². The highest BCUT2D eigenvalue weighted by molar-refractivity contribution is 7.09. The van der Waals surface area contributed by atoms with Gasteiger partial charge in [-0.05, 0) is 50.7 Å². The number of fused-ring (bicyclic) bond motifs is 1. The van der Waals surface area contributed by atoms with E-state index in [1.54, 1.807) is 25.2 Å². The van der Waals surface area contributed by atoms with E-state index in [4.69, 9.17) is 4.74 Å². The number of epoxide rings is 1. The summed E-state index contributed by atoms with van der Waals surface area (Å²) in [5, 5.41) is 17.1. The third-order valence-corrected chi connectivity index (χ3v) is 9.45. The Morgan fingerprint density at radius 3 is 2.57 bits per heavy atom.